The highest BCUT2D eigenvalue weighted by atomic mass is 16.5. The molecule has 0 atom stereocenters. The van der Waals surface area contributed by atoms with Crippen molar-refractivity contribution >= 4 is 12.0 Å². The largest absolute Gasteiger partial charge is 0.453 e. The molecule has 112 valence electrons. The summed E-state index contributed by atoms with van der Waals surface area (Å²) in [5, 5.41) is 5.60. The summed E-state index contributed by atoms with van der Waals surface area (Å²) in [5.74, 6) is 2.55. The van der Waals surface area contributed by atoms with Gasteiger partial charge < -0.3 is 15.4 Å². The van der Waals surface area contributed by atoms with Gasteiger partial charge in [0.05, 0.1) is 7.11 Å². The Morgan fingerprint density at radius 3 is 2.00 bits per heavy atom. The van der Waals surface area contributed by atoms with Crippen molar-refractivity contribution in [1.82, 2.24) is 10.6 Å². The number of nitrogens with one attached hydrogen (secondary N) is 2. The molecular weight excluding hydrogens is 256 g/mol. The zero-order valence-corrected chi connectivity index (χ0v) is 12.1. The van der Waals surface area contributed by atoms with E-state index in [-0.39, 0.29) is 11.3 Å². The minimum atomic E-state index is -0.450. The summed E-state index contributed by atoms with van der Waals surface area (Å²) in [6.07, 6.45) is 6.82. The molecule has 4 bridgehead atoms. The van der Waals surface area contributed by atoms with Gasteiger partial charge in [-0.05, 0) is 56.3 Å². The maximum Gasteiger partial charge on any atom is 0.406 e. The van der Waals surface area contributed by atoms with Crippen LogP contribution in [-0.2, 0) is 9.53 Å². The van der Waals surface area contributed by atoms with E-state index >= 15 is 0 Å². The van der Waals surface area contributed by atoms with Crippen molar-refractivity contribution in [3.05, 3.63) is 0 Å². The number of hydrogen-bond acceptors (Lipinski definition) is 3. The van der Waals surface area contributed by atoms with Crippen molar-refractivity contribution < 1.29 is 14.3 Å². The average molecular weight is 280 g/mol. The van der Waals surface area contributed by atoms with E-state index in [1.807, 2.05) is 0 Å². The third-order valence-corrected chi connectivity index (χ3v) is 5.39. The van der Waals surface area contributed by atoms with Crippen LogP contribution in [0.3, 0.4) is 0 Å². The maximum atomic E-state index is 12.6. The number of rotatable bonds is 4. The quantitative estimate of drug-likeness (QED) is 0.770. The van der Waals surface area contributed by atoms with Crippen molar-refractivity contribution in [2.75, 3.05) is 20.2 Å². The molecule has 0 saturated heterocycles. The van der Waals surface area contributed by atoms with Gasteiger partial charge in [-0.2, -0.15) is 0 Å². The van der Waals surface area contributed by atoms with Gasteiger partial charge >= 0.3 is 6.09 Å². The van der Waals surface area contributed by atoms with Crippen molar-refractivity contribution in [3.63, 3.8) is 0 Å². The Balaban J connectivity index is 1.51. The molecule has 0 aromatic heterocycles. The molecule has 2 amide bonds. The Bertz CT molecular complexity index is 373. The predicted octanol–water partition coefficient (Wildman–Crippen LogP) is 1.67. The monoisotopic (exact) mass is 280 g/mol. The van der Waals surface area contributed by atoms with Crippen LogP contribution >= 0.6 is 0 Å². The van der Waals surface area contributed by atoms with Crippen LogP contribution in [0, 0.1) is 23.2 Å². The third kappa shape index (κ3) is 2.50. The van der Waals surface area contributed by atoms with Gasteiger partial charge in [0.15, 0.2) is 0 Å². The molecule has 5 heteroatoms. The molecular formula is C15H24N2O3. The summed E-state index contributed by atoms with van der Waals surface area (Å²) in [4.78, 5) is 23.5. The van der Waals surface area contributed by atoms with E-state index in [0.29, 0.717) is 13.1 Å². The van der Waals surface area contributed by atoms with Crippen molar-refractivity contribution in [3.8, 4) is 0 Å². The first-order valence-electron chi connectivity index (χ1n) is 7.71. The molecule has 0 aromatic carbocycles. The highest BCUT2D eigenvalue weighted by molar-refractivity contribution is 5.83. The van der Waals surface area contributed by atoms with Gasteiger partial charge in [0.1, 0.15) is 0 Å². The first kappa shape index (κ1) is 13.7. The molecule has 0 aliphatic heterocycles. The topological polar surface area (TPSA) is 67.4 Å². The minimum Gasteiger partial charge on any atom is -0.453 e. The third-order valence-electron chi connectivity index (χ3n) is 5.39. The second-order valence-electron chi connectivity index (χ2n) is 6.87. The Labute approximate surface area is 119 Å². The maximum absolute atomic E-state index is 12.6. The van der Waals surface area contributed by atoms with Gasteiger partial charge in [0.25, 0.3) is 0 Å². The van der Waals surface area contributed by atoms with Crippen LogP contribution in [0.15, 0.2) is 0 Å². The molecule has 4 saturated carbocycles. The molecule has 4 aliphatic carbocycles. The second-order valence-corrected chi connectivity index (χ2v) is 6.87. The summed E-state index contributed by atoms with van der Waals surface area (Å²) in [5.41, 5.74) is -0.0972. The standard InChI is InChI=1S/C15H24N2O3/c1-20-14(19)17-3-2-16-13(18)15-7-10-4-11(8-15)6-12(5-10)9-15/h10-12H,2-9H2,1H3,(H,16,18)(H,17,19). The summed E-state index contributed by atoms with van der Waals surface area (Å²) in [6.45, 7) is 0.903. The molecule has 4 fully saturated rings. The predicted molar refractivity (Wildman–Crippen MR) is 74.0 cm³/mol. The Hall–Kier alpha value is -1.26. The Morgan fingerprint density at radius 1 is 1.00 bits per heavy atom. The molecule has 2 N–H and O–H groups in total. The number of carbonyl (C=O) groups excluding carboxylic acids is 2. The number of hydrogen-bond donors (Lipinski definition) is 2. The summed E-state index contributed by atoms with van der Waals surface area (Å²) < 4.78 is 4.49. The van der Waals surface area contributed by atoms with Crippen LogP contribution in [-0.4, -0.2) is 32.2 Å². The van der Waals surface area contributed by atoms with Crippen LogP contribution < -0.4 is 10.6 Å². The van der Waals surface area contributed by atoms with Gasteiger partial charge in [0.2, 0.25) is 5.91 Å². The van der Waals surface area contributed by atoms with Gasteiger partial charge in [0, 0.05) is 18.5 Å². The van der Waals surface area contributed by atoms with Crippen LogP contribution in [0.2, 0.25) is 0 Å². The van der Waals surface area contributed by atoms with Gasteiger partial charge in [-0.25, -0.2) is 4.79 Å². The first-order chi connectivity index (χ1) is 9.61. The molecule has 4 aliphatic rings. The molecule has 5 nitrogen and oxygen atoms in total. The van der Waals surface area contributed by atoms with E-state index in [9.17, 15) is 9.59 Å². The van der Waals surface area contributed by atoms with Gasteiger partial charge in [-0.3, -0.25) is 4.79 Å². The highest BCUT2D eigenvalue weighted by Gasteiger charge is 2.54. The normalized spacial score (nSPS) is 37.5. The highest BCUT2D eigenvalue weighted by Crippen LogP contribution is 2.60. The van der Waals surface area contributed by atoms with Gasteiger partial charge in [-0.1, -0.05) is 0 Å². The summed E-state index contributed by atoms with van der Waals surface area (Å²) >= 11 is 0. The number of alkyl carbamates (subject to hydrolysis) is 1. The van der Waals surface area contributed by atoms with E-state index in [1.165, 1.54) is 26.4 Å². The smallest absolute Gasteiger partial charge is 0.406 e. The van der Waals surface area contributed by atoms with Crippen LogP contribution in [0.5, 0.6) is 0 Å². The molecule has 0 radical (unpaired) electrons. The molecule has 0 unspecified atom stereocenters. The van der Waals surface area contributed by atoms with Crippen LogP contribution in [0.1, 0.15) is 38.5 Å². The van der Waals surface area contributed by atoms with Crippen LogP contribution in [0.25, 0.3) is 0 Å². The Kier molecular flexibility index (Phi) is 3.61. The van der Waals surface area contributed by atoms with Crippen molar-refractivity contribution in [1.29, 1.82) is 0 Å². The summed E-state index contributed by atoms with van der Waals surface area (Å²) in [7, 11) is 1.34. The fraction of sp³-hybridized carbons (Fsp3) is 0.867. The van der Waals surface area contributed by atoms with Gasteiger partial charge in [-0.15, -0.1) is 0 Å². The number of methoxy groups -OCH3 is 1. The Morgan fingerprint density at radius 2 is 1.50 bits per heavy atom. The average Bonchev–Trinajstić information content (AvgIpc) is 2.41. The lowest BCUT2D eigenvalue weighted by atomic mass is 9.49. The first-order valence-corrected chi connectivity index (χ1v) is 7.71. The molecule has 0 aromatic rings. The lowest BCUT2D eigenvalue weighted by Crippen LogP contribution is -2.54. The minimum absolute atomic E-state index is 0.0972. The molecule has 0 heterocycles. The SMILES string of the molecule is COC(=O)NCCNC(=O)C12CC3CC(CC(C3)C1)C2. The van der Waals surface area contributed by atoms with E-state index in [1.54, 1.807) is 0 Å². The zero-order chi connectivity index (χ0) is 14.2. The second kappa shape index (κ2) is 5.26. The van der Waals surface area contributed by atoms with Crippen LogP contribution in [0.4, 0.5) is 4.79 Å². The molecule has 4 rings (SSSR count). The lowest BCUT2D eigenvalue weighted by molar-refractivity contribution is -0.146. The fourth-order valence-corrected chi connectivity index (χ4v) is 4.99. The van der Waals surface area contributed by atoms with E-state index < -0.39 is 6.09 Å². The summed E-state index contributed by atoms with van der Waals surface area (Å²) in [6, 6.07) is 0. The molecule has 20 heavy (non-hydrogen) atoms. The van der Waals surface area contributed by atoms with Crippen molar-refractivity contribution in [2.45, 2.75) is 38.5 Å². The number of carbonyl (C=O) groups is 2. The van der Waals surface area contributed by atoms with E-state index in [0.717, 1.165) is 37.0 Å². The lowest BCUT2D eigenvalue weighted by Gasteiger charge is -2.55. The molecule has 0 spiro atoms. The number of ether oxygens (including phenoxy) is 1. The van der Waals surface area contributed by atoms with Crippen molar-refractivity contribution in [2.24, 2.45) is 23.2 Å². The zero-order valence-electron chi connectivity index (χ0n) is 12.1. The van der Waals surface area contributed by atoms with E-state index in [2.05, 4.69) is 15.4 Å². The number of amides is 2. The fourth-order valence-electron chi connectivity index (χ4n) is 4.99. The van der Waals surface area contributed by atoms with E-state index in [4.69, 9.17) is 0 Å².